The molecule has 5 nitrogen and oxygen atoms in total. The van der Waals surface area contributed by atoms with Crippen molar-refractivity contribution < 1.29 is 4.79 Å². The fourth-order valence-electron chi connectivity index (χ4n) is 3.59. The lowest BCUT2D eigenvalue weighted by molar-refractivity contribution is 0.0930. The number of nitrogens with zero attached hydrogens (tertiary/aromatic N) is 1. The highest BCUT2D eigenvalue weighted by Crippen LogP contribution is 2.29. The molecule has 1 atom stereocenters. The van der Waals surface area contributed by atoms with Gasteiger partial charge in [0.05, 0.1) is 11.4 Å². The number of fused-ring (bicyclic) bond motifs is 2. The number of aromatic nitrogens is 2. The summed E-state index contributed by atoms with van der Waals surface area (Å²) >= 11 is 0. The van der Waals surface area contributed by atoms with E-state index < -0.39 is 0 Å². The van der Waals surface area contributed by atoms with Crippen molar-refractivity contribution in [3.8, 4) is 0 Å². The van der Waals surface area contributed by atoms with Crippen LogP contribution in [0.1, 0.15) is 46.9 Å². The minimum Gasteiger partial charge on any atom is -0.344 e. The molecule has 0 saturated heterocycles. The summed E-state index contributed by atoms with van der Waals surface area (Å²) in [5.41, 5.74) is 2.45. The molecule has 1 amide bonds. The van der Waals surface area contributed by atoms with Crippen molar-refractivity contribution in [1.82, 2.24) is 15.5 Å². The second-order valence-corrected chi connectivity index (χ2v) is 6.42. The number of hydrogen-bond donors (Lipinski definition) is 2. The number of rotatable bonds is 2. The quantitative estimate of drug-likeness (QED) is 0.708. The number of hydrogen-bond acceptors (Lipinski definition) is 3. The first-order valence-electron chi connectivity index (χ1n) is 8.60. The molecular formula is C20H19N3O2. The molecule has 0 spiro atoms. The van der Waals surface area contributed by atoms with Crippen molar-refractivity contribution in [3.63, 3.8) is 0 Å². The summed E-state index contributed by atoms with van der Waals surface area (Å²) < 4.78 is 0. The predicted octanol–water partition coefficient (Wildman–Crippen LogP) is 3.12. The van der Waals surface area contributed by atoms with Gasteiger partial charge >= 0.3 is 0 Å². The van der Waals surface area contributed by atoms with Crippen molar-refractivity contribution in [2.75, 3.05) is 0 Å². The van der Waals surface area contributed by atoms with Gasteiger partial charge in [-0.2, -0.15) is 5.10 Å². The summed E-state index contributed by atoms with van der Waals surface area (Å²) in [4.78, 5) is 24.8. The molecule has 1 aliphatic rings. The molecular weight excluding hydrogens is 314 g/mol. The monoisotopic (exact) mass is 333 g/mol. The second-order valence-electron chi connectivity index (χ2n) is 6.42. The maximum Gasteiger partial charge on any atom is 0.272 e. The Balaban J connectivity index is 1.70. The van der Waals surface area contributed by atoms with Crippen molar-refractivity contribution in [2.45, 2.75) is 31.7 Å². The first-order valence-corrected chi connectivity index (χ1v) is 8.60. The van der Waals surface area contributed by atoms with E-state index in [0.717, 1.165) is 25.7 Å². The van der Waals surface area contributed by atoms with Crippen molar-refractivity contribution >= 4 is 16.7 Å². The summed E-state index contributed by atoms with van der Waals surface area (Å²) in [6.45, 7) is 0. The number of H-pyrrole nitrogens is 1. The van der Waals surface area contributed by atoms with Gasteiger partial charge in [0, 0.05) is 5.39 Å². The smallest absolute Gasteiger partial charge is 0.272 e. The minimum atomic E-state index is -0.285. The fourth-order valence-corrected chi connectivity index (χ4v) is 3.59. The summed E-state index contributed by atoms with van der Waals surface area (Å²) in [5.74, 6) is -0.255. The number of carbonyl (C=O) groups is 1. The Hall–Kier alpha value is -2.95. The molecule has 3 aromatic rings. The lowest BCUT2D eigenvalue weighted by Gasteiger charge is -2.19. The molecule has 1 aliphatic carbocycles. The summed E-state index contributed by atoms with van der Waals surface area (Å²) in [7, 11) is 0. The van der Waals surface area contributed by atoms with E-state index in [0.29, 0.717) is 10.8 Å². The third kappa shape index (κ3) is 2.93. The molecule has 0 bridgehead atoms. The predicted molar refractivity (Wildman–Crippen MR) is 96.6 cm³/mol. The minimum absolute atomic E-state index is 0.0290. The first-order chi connectivity index (χ1) is 12.2. The lowest BCUT2D eigenvalue weighted by Crippen LogP contribution is -2.30. The van der Waals surface area contributed by atoms with E-state index in [1.807, 2.05) is 12.1 Å². The highest BCUT2D eigenvalue weighted by molar-refractivity contribution is 6.04. The van der Waals surface area contributed by atoms with Crippen LogP contribution in [0.15, 0.2) is 53.3 Å². The van der Waals surface area contributed by atoms with Gasteiger partial charge in [0.25, 0.3) is 11.5 Å². The van der Waals surface area contributed by atoms with E-state index in [1.165, 1.54) is 11.1 Å². The van der Waals surface area contributed by atoms with Crippen LogP contribution in [0.4, 0.5) is 0 Å². The van der Waals surface area contributed by atoms with Crippen LogP contribution in [0.2, 0.25) is 0 Å². The fraction of sp³-hybridized carbons (Fsp3) is 0.250. The molecule has 2 aromatic carbocycles. The number of aromatic amines is 1. The average Bonchev–Trinajstić information content (AvgIpc) is 2.85. The third-order valence-corrected chi connectivity index (χ3v) is 4.84. The SMILES string of the molecule is O=C(NC1CCCCc2ccccc21)c1n[nH]c(=O)c2ccccc12. The Morgan fingerprint density at radius 3 is 2.68 bits per heavy atom. The third-order valence-electron chi connectivity index (χ3n) is 4.84. The maximum atomic E-state index is 12.9. The summed E-state index contributed by atoms with van der Waals surface area (Å²) in [5, 5.41) is 10.6. The molecule has 2 N–H and O–H groups in total. The zero-order valence-electron chi connectivity index (χ0n) is 13.8. The lowest BCUT2D eigenvalue weighted by atomic mass is 9.99. The van der Waals surface area contributed by atoms with Gasteiger partial charge in [-0.05, 0) is 36.5 Å². The molecule has 0 aliphatic heterocycles. The number of carbonyl (C=O) groups excluding carboxylic acids is 1. The van der Waals surface area contributed by atoms with Crippen LogP contribution in [0.5, 0.6) is 0 Å². The van der Waals surface area contributed by atoms with E-state index in [4.69, 9.17) is 0 Å². The van der Waals surface area contributed by atoms with Crippen LogP contribution in [0.25, 0.3) is 10.8 Å². The van der Waals surface area contributed by atoms with Gasteiger partial charge < -0.3 is 5.32 Å². The molecule has 1 unspecified atom stereocenters. The first kappa shape index (κ1) is 15.6. The van der Waals surface area contributed by atoms with Gasteiger partial charge in [0.2, 0.25) is 0 Å². The summed E-state index contributed by atoms with van der Waals surface area (Å²) in [6.07, 6.45) is 4.15. The molecule has 4 rings (SSSR count). The van der Waals surface area contributed by atoms with Crippen LogP contribution in [0, 0.1) is 0 Å². The maximum absolute atomic E-state index is 12.9. The van der Waals surface area contributed by atoms with Gasteiger partial charge in [0.1, 0.15) is 0 Å². The number of amides is 1. The Morgan fingerprint density at radius 1 is 1.04 bits per heavy atom. The van der Waals surface area contributed by atoms with Gasteiger partial charge in [-0.15, -0.1) is 0 Å². The number of nitrogens with one attached hydrogen (secondary N) is 2. The van der Waals surface area contributed by atoms with Gasteiger partial charge in [0.15, 0.2) is 5.69 Å². The zero-order valence-corrected chi connectivity index (χ0v) is 13.8. The molecule has 1 heterocycles. The van der Waals surface area contributed by atoms with E-state index >= 15 is 0 Å². The van der Waals surface area contributed by atoms with Gasteiger partial charge in [-0.25, -0.2) is 5.10 Å². The number of benzene rings is 2. The number of aryl methyl sites for hydroxylation is 1. The summed E-state index contributed by atoms with van der Waals surface area (Å²) in [6, 6.07) is 15.3. The Bertz CT molecular complexity index is 993. The molecule has 0 radical (unpaired) electrons. The van der Waals surface area contributed by atoms with Crippen LogP contribution >= 0.6 is 0 Å². The zero-order chi connectivity index (χ0) is 17.2. The van der Waals surface area contributed by atoms with Crippen molar-refractivity contribution in [2.24, 2.45) is 0 Å². The van der Waals surface area contributed by atoms with E-state index in [9.17, 15) is 9.59 Å². The normalized spacial score (nSPS) is 16.9. The van der Waals surface area contributed by atoms with Crippen LogP contribution < -0.4 is 10.9 Å². The van der Waals surface area contributed by atoms with E-state index in [-0.39, 0.29) is 23.2 Å². The highest BCUT2D eigenvalue weighted by atomic mass is 16.2. The second kappa shape index (κ2) is 6.51. The standard InChI is InChI=1S/C20H19N3O2/c24-19-16-11-5-4-10-15(16)18(22-23-19)20(25)21-17-12-6-2-8-13-7-1-3-9-14(13)17/h1,3-5,7,9-11,17H,2,6,8,12H2,(H,21,25)(H,23,24). The molecule has 1 aromatic heterocycles. The Morgan fingerprint density at radius 2 is 1.80 bits per heavy atom. The van der Waals surface area contributed by atoms with Crippen molar-refractivity contribution in [1.29, 1.82) is 0 Å². The molecule has 0 saturated carbocycles. The van der Waals surface area contributed by atoms with Crippen molar-refractivity contribution in [3.05, 3.63) is 75.7 Å². The highest BCUT2D eigenvalue weighted by Gasteiger charge is 2.22. The largest absolute Gasteiger partial charge is 0.344 e. The van der Waals surface area contributed by atoms with E-state index in [2.05, 4.69) is 27.6 Å². The molecule has 126 valence electrons. The topological polar surface area (TPSA) is 74.8 Å². The molecule has 0 fully saturated rings. The van der Waals surface area contributed by atoms with Crippen LogP contribution in [-0.4, -0.2) is 16.1 Å². The Labute approximate surface area is 145 Å². The molecule has 25 heavy (non-hydrogen) atoms. The van der Waals surface area contributed by atoms with Crippen LogP contribution in [0.3, 0.4) is 0 Å². The van der Waals surface area contributed by atoms with Crippen LogP contribution in [-0.2, 0) is 6.42 Å². The van der Waals surface area contributed by atoms with E-state index in [1.54, 1.807) is 24.3 Å². The Kier molecular flexibility index (Phi) is 4.06. The molecule has 5 heteroatoms. The van der Waals surface area contributed by atoms with Gasteiger partial charge in [-0.3, -0.25) is 9.59 Å². The average molecular weight is 333 g/mol. The van der Waals surface area contributed by atoms with Gasteiger partial charge in [-0.1, -0.05) is 48.9 Å².